The van der Waals surface area contributed by atoms with Gasteiger partial charge in [0.2, 0.25) is 5.91 Å². The van der Waals surface area contributed by atoms with Gasteiger partial charge in [-0.2, -0.15) is 0 Å². The van der Waals surface area contributed by atoms with Crippen LogP contribution in [0.3, 0.4) is 0 Å². The van der Waals surface area contributed by atoms with Gasteiger partial charge in [-0.1, -0.05) is 47.1 Å². The zero-order valence-corrected chi connectivity index (χ0v) is 20.2. The van der Waals surface area contributed by atoms with Crippen LogP contribution in [0.1, 0.15) is 41.6 Å². The predicted molar refractivity (Wildman–Crippen MR) is 129 cm³/mol. The third-order valence-electron chi connectivity index (χ3n) is 4.61. The Morgan fingerprint density at radius 1 is 1.12 bits per heavy atom. The minimum atomic E-state index is -0.403. The van der Waals surface area contributed by atoms with Gasteiger partial charge in [-0.15, -0.1) is 10.2 Å². The molecule has 0 unspecified atom stereocenters. The Labute approximate surface area is 200 Å². The summed E-state index contributed by atoms with van der Waals surface area (Å²) in [6.45, 7) is 6.34. The van der Waals surface area contributed by atoms with Crippen LogP contribution in [-0.2, 0) is 11.3 Å². The topological polar surface area (TPSA) is 88.9 Å². The molecule has 168 valence electrons. The van der Waals surface area contributed by atoms with Gasteiger partial charge < -0.3 is 15.2 Å². The summed E-state index contributed by atoms with van der Waals surface area (Å²) in [5.74, 6) is 0.362. The van der Waals surface area contributed by atoms with Crippen molar-refractivity contribution in [3.63, 3.8) is 0 Å². The number of hydrogen-bond acceptors (Lipinski definition) is 5. The summed E-state index contributed by atoms with van der Waals surface area (Å²) in [7, 11) is 0. The molecule has 0 fully saturated rings. The lowest BCUT2D eigenvalue weighted by Gasteiger charge is -2.15. The van der Waals surface area contributed by atoms with E-state index in [9.17, 15) is 9.59 Å². The maximum atomic E-state index is 12.6. The molecule has 0 saturated heterocycles. The number of hydrogen-bond donors (Lipinski definition) is 2. The third kappa shape index (κ3) is 6.03. The molecule has 32 heavy (non-hydrogen) atoms. The van der Waals surface area contributed by atoms with Crippen molar-refractivity contribution in [3.8, 4) is 0 Å². The molecule has 2 aromatic carbocycles. The fraction of sp³-hybridized carbons (Fsp3) is 0.273. The van der Waals surface area contributed by atoms with E-state index in [1.807, 2.05) is 49.6 Å². The van der Waals surface area contributed by atoms with Crippen LogP contribution in [0.4, 0.5) is 5.69 Å². The van der Waals surface area contributed by atoms with Crippen molar-refractivity contribution in [3.05, 3.63) is 69.5 Å². The molecule has 7 nitrogen and oxygen atoms in total. The Morgan fingerprint density at radius 3 is 2.59 bits per heavy atom. The Hall–Kier alpha value is -2.55. The smallest absolute Gasteiger partial charge is 0.251 e. The van der Waals surface area contributed by atoms with Gasteiger partial charge >= 0.3 is 0 Å². The molecular formula is C22H23Cl2N5O2S. The lowest BCUT2D eigenvalue weighted by Crippen LogP contribution is -2.28. The van der Waals surface area contributed by atoms with E-state index in [0.29, 0.717) is 33.1 Å². The Balaban J connectivity index is 1.63. The molecule has 2 amide bonds. The van der Waals surface area contributed by atoms with E-state index in [1.54, 1.807) is 12.1 Å². The van der Waals surface area contributed by atoms with Crippen molar-refractivity contribution < 1.29 is 9.59 Å². The maximum Gasteiger partial charge on any atom is 0.251 e. The minimum absolute atomic E-state index is 0.131. The summed E-state index contributed by atoms with van der Waals surface area (Å²) < 4.78 is 1.88. The van der Waals surface area contributed by atoms with Crippen LogP contribution in [0.25, 0.3) is 0 Å². The second kappa shape index (κ2) is 10.8. The van der Waals surface area contributed by atoms with Gasteiger partial charge in [0.25, 0.3) is 5.91 Å². The zero-order chi connectivity index (χ0) is 23.3. The van der Waals surface area contributed by atoms with E-state index in [4.69, 9.17) is 23.2 Å². The number of aromatic nitrogens is 3. The molecule has 0 aliphatic carbocycles. The van der Waals surface area contributed by atoms with Gasteiger partial charge in [-0.05, 0) is 56.7 Å². The van der Waals surface area contributed by atoms with Crippen LogP contribution < -0.4 is 10.6 Å². The fourth-order valence-corrected chi connectivity index (χ4v) is 4.16. The molecule has 10 heteroatoms. The first-order valence-electron chi connectivity index (χ1n) is 9.96. The summed E-state index contributed by atoms with van der Waals surface area (Å²) in [5.41, 5.74) is 2.23. The first-order chi connectivity index (χ1) is 15.3. The molecule has 0 saturated carbocycles. The third-order valence-corrected chi connectivity index (χ3v) is 6.32. The standard InChI is InChI=1S/C22H23Cl2N5O2S/c1-4-29-20(14(3)25-21(31)15-8-9-17(23)18(24)11-15)27-28-22(29)32-12-19(30)26-16-7-5-6-13(2)10-16/h5-11,14H,4,12H2,1-3H3,(H,25,31)(H,26,30)/t14-/m1/s1. The monoisotopic (exact) mass is 491 g/mol. The number of aryl methyl sites for hydroxylation is 1. The van der Waals surface area contributed by atoms with Crippen LogP contribution in [-0.4, -0.2) is 32.3 Å². The van der Waals surface area contributed by atoms with Crippen molar-refractivity contribution >= 4 is 52.5 Å². The van der Waals surface area contributed by atoms with Crippen LogP contribution in [0.2, 0.25) is 10.0 Å². The highest BCUT2D eigenvalue weighted by molar-refractivity contribution is 7.99. The molecule has 0 radical (unpaired) electrons. The van der Waals surface area contributed by atoms with Crippen molar-refractivity contribution in [2.24, 2.45) is 0 Å². The number of thioether (sulfide) groups is 1. The number of halogens is 2. The molecule has 1 atom stereocenters. The molecular weight excluding hydrogens is 469 g/mol. The second-order valence-electron chi connectivity index (χ2n) is 7.12. The molecule has 0 aliphatic heterocycles. The molecule has 0 aliphatic rings. The average Bonchev–Trinajstić information content (AvgIpc) is 3.17. The van der Waals surface area contributed by atoms with Gasteiger partial charge in [0, 0.05) is 17.8 Å². The van der Waals surface area contributed by atoms with Gasteiger partial charge in [0.05, 0.1) is 21.8 Å². The summed E-state index contributed by atoms with van der Waals surface area (Å²) in [5, 5.41) is 15.5. The average molecular weight is 492 g/mol. The van der Waals surface area contributed by atoms with Crippen LogP contribution >= 0.6 is 35.0 Å². The summed E-state index contributed by atoms with van der Waals surface area (Å²) in [6, 6.07) is 11.9. The van der Waals surface area contributed by atoms with Crippen LogP contribution in [0.5, 0.6) is 0 Å². The number of carbonyl (C=O) groups is 2. The summed E-state index contributed by atoms with van der Waals surface area (Å²) in [6.07, 6.45) is 0. The lowest BCUT2D eigenvalue weighted by atomic mass is 10.2. The highest BCUT2D eigenvalue weighted by Gasteiger charge is 2.20. The normalized spacial score (nSPS) is 11.8. The Kier molecular flexibility index (Phi) is 8.17. The second-order valence-corrected chi connectivity index (χ2v) is 8.87. The van der Waals surface area contributed by atoms with Crippen LogP contribution in [0.15, 0.2) is 47.6 Å². The molecule has 0 spiro atoms. The fourth-order valence-electron chi connectivity index (χ4n) is 3.06. The van der Waals surface area contributed by atoms with Crippen molar-refractivity contribution in [1.29, 1.82) is 0 Å². The first-order valence-corrected chi connectivity index (χ1v) is 11.7. The Bertz CT molecular complexity index is 1140. The highest BCUT2D eigenvalue weighted by atomic mass is 35.5. The maximum absolute atomic E-state index is 12.6. The van der Waals surface area contributed by atoms with E-state index in [0.717, 1.165) is 11.3 Å². The number of rotatable bonds is 8. The molecule has 0 bridgehead atoms. The number of benzene rings is 2. The zero-order valence-electron chi connectivity index (χ0n) is 17.9. The van der Waals surface area contributed by atoms with Gasteiger partial charge in [0.1, 0.15) is 0 Å². The largest absolute Gasteiger partial charge is 0.342 e. The number of nitrogens with zero attached hydrogens (tertiary/aromatic N) is 3. The number of amides is 2. The molecule has 2 N–H and O–H groups in total. The quantitative estimate of drug-likeness (QED) is 0.426. The molecule has 3 rings (SSSR count). The number of anilines is 1. The van der Waals surface area contributed by atoms with Gasteiger partial charge in [0.15, 0.2) is 11.0 Å². The SMILES string of the molecule is CCn1c(SCC(=O)Nc2cccc(C)c2)nnc1[C@@H](C)NC(=O)c1ccc(Cl)c(Cl)c1. The predicted octanol–water partition coefficient (Wildman–Crippen LogP) is 5.14. The van der Waals surface area contributed by atoms with Crippen molar-refractivity contribution in [1.82, 2.24) is 20.1 Å². The van der Waals surface area contributed by atoms with E-state index >= 15 is 0 Å². The molecule has 1 heterocycles. The van der Waals surface area contributed by atoms with Crippen molar-refractivity contribution in [2.75, 3.05) is 11.1 Å². The number of carbonyl (C=O) groups excluding carboxylic acids is 2. The van der Waals surface area contributed by atoms with Crippen LogP contribution in [0, 0.1) is 6.92 Å². The first kappa shape index (κ1) is 24.1. The lowest BCUT2D eigenvalue weighted by molar-refractivity contribution is -0.113. The van der Waals surface area contributed by atoms with Gasteiger partial charge in [-0.25, -0.2) is 0 Å². The summed E-state index contributed by atoms with van der Waals surface area (Å²) in [4.78, 5) is 24.9. The van der Waals surface area contributed by atoms with Gasteiger partial charge in [-0.3, -0.25) is 9.59 Å². The van der Waals surface area contributed by atoms with E-state index < -0.39 is 6.04 Å². The highest BCUT2D eigenvalue weighted by Crippen LogP contribution is 2.24. The molecule has 1 aromatic heterocycles. The minimum Gasteiger partial charge on any atom is -0.342 e. The molecule has 3 aromatic rings. The van der Waals surface area contributed by atoms with E-state index in [-0.39, 0.29) is 17.6 Å². The van der Waals surface area contributed by atoms with E-state index in [2.05, 4.69) is 20.8 Å². The van der Waals surface area contributed by atoms with E-state index in [1.165, 1.54) is 17.8 Å². The Morgan fingerprint density at radius 2 is 1.91 bits per heavy atom. The number of nitrogens with one attached hydrogen (secondary N) is 2. The van der Waals surface area contributed by atoms with Crippen molar-refractivity contribution in [2.45, 2.75) is 38.5 Å². The summed E-state index contributed by atoms with van der Waals surface area (Å²) >= 11 is 13.2.